The van der Waals surface area contributed by atoms with Crippen molar-refractivity contribution in [3.8, 4) is 0 Å². The number of rotatable bonds is 5. The molecule has 0 radical (unpaired) electrons. The molecule has 138 valence electrons. The van der Waals surface area contributed by atoms with E-state index in [1.54, 1.807) is 0 Å². The van der Waals surface area contributed by atoms with Gasteiger partial charge in [0, 0.05) is 51.6 Å². The lowest BCUT2D eigenvalue weighted by Gasteiger charge is -2.54. The van der Waals surface area contributed by atoms with Gasteiger partial charge in [0.1, 0.15) is 0 Å². The monoisotopic (exact) mass is 346 g/mol. The molecule has 0 amide bonds. The first-order chi connectivity index (χ1) is 12.2. The number of pyridine rings is 1. The summed E-state index contributed by atoms with van der Waals surface area (Å²) in [5, 5.41) is 0. The lowest BCUT2D eigenvalue weighted by molar-refractivity contribution is -0.201. The van der Waals surface area contributed by atoms with Crippen LogP contribution in [0.25, 0.3) is 0 Å². The van der Waals surface area contributed by atoms with E-state index < -0.39 is 0 Å². The molecule has 25 heavy (non-hydrogen) atoms. The molecule has 1 atom stereocenters. The van der Waals surface area contributed by atoms with Crippen LogP contribution in [-0.4, -0.2) is 61.0 Å². The number of aryl methyl sites for hydroxylation is 1. The Morgan fingerprint density at radius 1 is 1.20 bits per heavy atom. The Labute approximate surface area is 150 Å². The summed E-state index contributed by atoms with van der Waals surface area (Å²) in [6, 6.07) is 6.11. The predicted octanol–water partition coefficient (Wildman–Crippen LogP) is 2.57. The van der Waals surface area contributed by atoms with Gasteiger partial charge >= 0.3 is 0 Å². The van der Waals surface area contributed by atoms with Crippen molar-refractivity contribution in [1.29, 1.82) is 0 Å². The van der Waals surface area contributed by atoms with Gasteiger partial charge in [-0.15, -0.1) is 0 Å². The molecular formula is C20H30N2O3. The van der Waals surface area contributed by atoms with Gasteiger partial charge in [-0.25, -0.2) is 0 Å². The molecule has 5 nitrogen and oxygen atoms in total. The molecule has 4 heterocycles. The van der Waals surface area contributed by atoms with Gasteiger partial charge < -0.3 is 14.2 Å². The molecule has 3 aliphatic rings. The topological polar surface area (TPSA) is 43.8 Å². The largest absolute Gasteiger partial charge is 0.381 e. The third kappa shape index (κ3) is 4.40. The molecule has 5 heteroatoms. The van der Waals surface area contributed by atoms with Crippen LogP contribution in [0.5, 0.6) is 0 Å². The van der Waals surface area contributed by atoms with E-state index in [9.17, 15) is 0 Å². The minimum absolute atomic E-state index is 0.0358. The summed E-state index contributed by atoms with van der Waals surface area (Å²) >= 11 is 0. The Morgan fingerprint density at radius 3 is 2.84 bits per heavy atom. The van der Waals surface area contributed by atoms with Crippen molar-refractivity contribution in [2.24, 2.45) is 5.92 Å². The zero-order valence-electron chi connectivity index (χ0n) is 15.3. The fourth-order valence-electron chi connectivity index (χ4n) is 4.42. The molecule has 1 aromatic heterocycles. The number of hydrogen-bond acceptors (Lipinski definition) is 5. The summed E-state index contributed by atoms with van der Waals surface area (Å²) in [6.45, 7) is 8.64. The second-order valence-electron chi connectivity index (χ2n) is 7.95. The molecule has 1 aromatic rings. The Bertz CT molecular complexity index is 568. The van der Waals surface area contributed by atoms with Crippen molar-refractivity contribution in [1.82, 2.24) is 9.88 Å². The maximum atomic E-state index is 6.16. The summed E-state index contributed by atoms with van der Waals surface area (Å²) in [6.07, 6.45) is 4.72. The van der Waals surface area contributed by atoms with Crippen LogP contribution in [0, 0.1) is 12.8 Å². The highest BCUT2D eigenvalue weighted by Gasteiger charge is 2.48. The summed E-state index contributed by atoms with van der Waals surface area (Å²) in [5.74, 6) is 0.800. The van der Waals surface area contributed by atoms with Crippen LogP contribution in [0.4, 0.5) is 0 Å². The number of ether oxygens (including phenoxy) is 3. The minimum atomic E-state index is 0.0358. The highest BCUT2D eigenvalue weighted by atomic mass is 16.5. The van der Waals surface area contributed by atoms with E-state index in [0.29, 0.717) is 12.7 Å². The zero-order chi connectivity index (χ0) is 17.1. The first-order valence-corrected chi connectivity index (χ1v) is 9.69. The van der Waals surface area contributed by atoms with Crippen LogP contribution in [-0.2, 0) is 20.8 Å². The van der Waals surface area contributed by atoms with Crippen LogP contribution in [0.3, 0.4) is 0 Å². The van der Waals surface area contributed by atoms with Crippen LogP contribution < -0.4 is 0 Å². The molecule has 0 N–H and O–H groups in total. The third-order valence-corrected chi connectivity index (χ3v) is 5.74. The molecule has 3 saturated heterocycles. The molecule has 0 aliphatic carbocycles. The van der Waals surface area contributed by atoms with Crippen molar-refractivity contribution < 1.29 is 14.2 Å². The van der Waals surface area contributed by atoms with E-state index in [0.717, 1.165) is 63.1 Å². The van der Waals surface area contributed by atoms with Gasteiger partial charge in [0.25, 0.3) is 0 Å². The van der Waals surface area contributed by atoms with Gasteiger partial charge in [0.05, 0.1) is 24.0 Å². The standard InChI is InChI=1S/C20H30N2O3/c1-16-3-2-4-18(21-16)13-24-19-7-10-25-20(11-19)14-22(15-20)12-17-5-8-23-9-6-17/h2-4,17,19H,5-15H2,1H3/t19-/m1/s1. The van der Waals surface area contributed by atoms with E-state index in [1.165, 1.54) is 19.4 Å². The van der Waals surface area contributed by atoms with Crippen LogP contribution in [0.15, 0.2) is 18.2 Å². The van der Waals surface area contributed by atoms with Crippen molar-refractivity contribution in [2.75, 3.05) is 39.5 Å². The number of hydrogen-bond donors (Lipinski definition) is 0. The van der Waals surface area contributed by atoms with Crippen molar-refractivity contribution in [3.05, 3.63) is 29.6 Å². The van der Waals surface area contributed by atoms with Crippen molar-refractivity contribution in [2.45, 2.75) is 50.9 Å². The second-order valence-corrected chi connectivity index (χ2v) is 7.95. The first kappa shape index (κ1) is 17.4. The minimum Gasteiger partial charge on any atom is -0.381 e. The maximum Gasteiger partial charge on any atom is 0.0959 e. The lowest BCUT2D eigenvalue weighted by atomic mass is 9.83. The van der Waals surface area contributed by atoms with E-state index in [-0.39, 0.29) is 5.60 Å². The average molecular weight is 346 g/mol. The molecule has 3 fully saturated rings. The Morgan fingerprint density at radius 2 is 2.04 bits per heavy atom. The summed E-state index contributed by atoms with van der Waals surface area (Å²) in [4.78, 5) is 7.09. The SMILES string of the molecule is Cc1cccc(CO[C@@H]2CCOC3(C2)CN(CC2CCOCC2)C3)n1. The average Bonchev–Trinajstić information content (AvgIpc) is 2.60. The van der Waals surface area contributed by atoms with E-state index in [1.807, 2.05) is 25.1 Å². The normalized spacial score (nSPS) is 27.3. The zero-order valence-corrected chi connectivity index (χ0v) is 15.3. The van der Waals surface area contributed by atoms with Gasteiger partial charge in [0.15, 0.2) is 0 Å². The van der Waals surface area contributed by atoms with Gasteiger partial charge in [-0.05, 0) is 44.2 Å². The summed E-state index contributed by atoms with van der Waals surface area (Å²) in [7, 11) is 0. The van der Waals surface area contributed by atoms with Gasteiger partial charge in [-0.3, -0.25) is 9.88 Å². The second kappa shape index (κ2) is 7.70. The molecule has 0 aromatic carbocycles. The fourth-order valence-corrected chi connectivity index (χ4v) is 4.42. The number of nitrogens with zero attached hydrogens (tertiary/aromatic N) is 2. The smallest absolute Gasteiger partial charge is 0.0959 e. The van der Waals surface area contributed by atoms with Gasteiger partial charge in [-0.2, -0.15) is 0 Å². The van der Waals surface area contributed by atoms with Crippen LogP contribution in [0.1, 0.15) is 37.1 Å². The predicted molar refractivity (Wildman–Crippen MR) is 95.5 cm³/mol. The molecule has 0 saturated carbocycles. The van der Waals surface area contributed by atoms with Crippen molar-refractivity contribution in [3.63, 3.8) is 0 Å². The molecular weight excluding hydrogens is 316 g/mol. The van der Waals surface area contributed by atoms with Crippen molar-refractivity contribution >= 4 is 0 Å². The highest BCUT2D eigenvalue weighted by molar-refractivity contribution is 5.09. The summed E-state index contributed by atoms with van der Waals surface area (Å²) in [5.41, 5.74) is 2.11. The number of aromatic nitrogens is 1. The quantitative estimate of drug-likeness (QED) is 0.820. The molecule has 3 aliphatic heterocycles. The van der Waals surface area contributed by atoms with Crippen LogP contribution >= 0.6 is 0 Å². The first-order valence-electron chi connectivity index (χ1n) is 9.69. The molecule has 1 spiro atoms. The van der Waals surface area contributed by atoms with Gasteiger partial charge in [-0.1, -0.05) is 6.07 Å². The van der Waals surface area contributed by atoms with Crippen LogP contribution in [0.2, 0.25) is 0 Å². The Kier molecular flexibility index (Phi) is 5.36. The van der Waals surface area contributed by atoms with Gasteiger partial charge in [0.2, 0.25) is 0 Å². The summed E-state index contributed by atoms with van der Waals surface area (Å²) < 4.78 is 17.8. The molecule has 4 rings (SSSR count). The molecule has 0 unspecified atom stereocenters. The Balaban J connectivity index is 1.23. The van der Waals surface area contributed by atoms with E-state index >= 15 is 0 Å². The molecule has 0 bridgehead atoms. The van der Waals surface area contributed by atoms with E-state index in [4.69, 9.17) is 14.2 Å². The fraction of sp³-hybridized carbons (Fsp3) is 0.750. The highest BCUT2D eigenvalue weighted by Crippen LogP contribution is 2.36. The maximum absolute atomic E-state index is 6.16. The number of likely N-dealkylation sites (tertiary alicyclic amines) is 1. The van der Waals surface area contributed by atoms with E-state index in [2.05, 4.69) is 9.88 Å². The Hall–Kier alpha value is -1.01. The third-order valence-electron chi connectivity index (χ3n) is 5.74. The lowest BCUT2D eigenvalue weighted by Crippen LogP contribution is -2.66.